The minimum Gasteiger partial charge on any atom is -0.276 e. The molecular weight excluding hydrogens is 387 g/mol. The van der Waals surface area contributed by atoms with Crippen LogP contribution in [0.25, 0.3) is 0 Å². The second-order valence-corrected chi connectivity index (χ2v) is 6.56. The standard InChI is InChI=1S/C20H16F3N3O3/c1-11-6-7-16(12(2)8-11)24-10-15-17(27)25-19(29)26(18(15)28)14-5-3-4-13(9-14)20(21,22)23/h3-10,15H,1-2H3,(H,25,27,29)/t15-/m0/s1. The summed E-state index contributed by atoms with van der Waals surface area (Å²) in [5, 5.41) is 1.98. The minimum absolute atomic E-state index is 0.292. The molecule has 0 saturated carbocycles. The summed E-state index contributed by atoms with van der Waals surface area (Å²) >= 11 is 0. The lowest BCUT2D eigenvalue weighted by Gasteiger charge is -2.28. The predicted molar refractivity (Wildman–Crippen MR) is 100 cm³/mol. The molecule has 6 nitrogen and oxygen atoms in total. The first kappa shape index (κ1) is 20.2. The van der Waals surface area contributed by atoms with E-state index in [4.69, 9.17) is 0 Å². The second-order valence-electron chi connectivity index (χ2n) is 6.56. The Morgan fingerprint density at radius 3 is 2.45 bits per heavy atom. The molecule has 1 saturated heterocycles. The van der Waals surface area contributed by atoms with E-state index in [0.29, 0.717) is 16.7 Å². The third-order valence-corrected chi connectivity index (χ3v) is 4.35. The lowest BCUT2D eigenvalue weighted by Crippen LogP contribution is -2.58. The van der Waals surface area contributed by atoms with Crippen molar-refractivity contribution in [2.45, 2.75) is 20.0 Å². The summed E-state index contributed by atoms with van der Waals surface area (Å²) in [4.78, 5) is 41.7. The highest BCUT2D eigenvalue weighted by molar-refractivity contribution is 6.32. The van der Waals surface area contributed by atoms with Gasteiger partial charge in [0.15, 0.2) is 5.92 Å². The number of carbonyl (C=O) groups excluding carboxylic acids is 3. The van der Waals surface area contributed by atoms with Gasteiger partial charge in [-0.1, -0.05) is 23.8 Å². The molecule has 3 rings (SSSR count). The van der Waals surface area contributed by atoms with Gasteiger partial charge in [0.05, 0.1) is 16.9 Å². The Balaban J connectivity index is 1.93. The van der Waals surface area contributed by atoms with Gasteiger partial charge in [0.2, 0.25) is 5.91 Å². The van der Waals surface area contributed by atoms with Gasteiger partial charge in [0.25, 0.3) is 5.91 Å². The van der Waals surface area contributed by atoms with E-state index in [1.54, 1.807) is 19.1 Å². The van der Waals surface area contributed by atoms with Gasteiger partial charge in [-0.3, -0.25) is 19.9 Å². The van der Waals surface area contributed by atoms with Gasteiger partial charge >= 0.3 is 12.2 Å². The van der Waals surface area contributed by atoms with E-state index in [9.17, 15) is 27.6 Å². The number of hydrogen-bond acceptors (Lipinski definition) is 4. The predicted octanol–water partition coefficient (Wildman–Crippen LogP) is 3.92. The van der Waals surface area contributed by atoms with Gasteiger partial charge in [-0.15, -0.1) is 0 Å². The molecule has 9 heteroatoms. The smallest absolute Gasteiger partial charge is 0.276 e. The average molecular weight is 403 g/mol. The first-order valence-electron chi connectivity index (χ1n) is 8.55. The second kappa shape index (κ2) is 7.50. The topological polar surface area (TPSA) is 78.8 Å². The Morgan fingerprint density at radius 2 is 1.79 bits per heavy atom. The van der Waals surface area contributed by atoms with Crippen LogP contribution in [0.2, 0.25) is 0 Å². The lowest BCUT2D eigenvalue weighted by molar-refractivity contribution is -0.138. The number of amides is 4. The largest absolute Gasteiger partial charge is 0.416 e. The quantitative estimate of drug-likeness (QED) is 0.623. The van der Waals surface area contributed by atoms with Crippen molar-refractivity contribution in [2.24, 2.45) is 10.9 Å². The number of alkyl halides is 3. The number of benzene rings is 2. The maximum absolute atomic E-state index is 13.0. The van der Waals surface area contributed by atoms with Gasteiger partial charge in [-0.25, -0.2) is 9.69 Å². The van der Waals surface area contributed by atoms with Crippen molar-refractivity contribution in [3.05, 3.63) is 59.2 Å². The van der Waals surface area contributed by atoms with Gasteiger partial charge in [-0.05, 0) is 43.7 Å². The maximum atomic E-state index is 13.0. The summed E-state index contributed by atoms with van der Waals surface area (Å²) in [7, 11) is 0. The van der Waals surface area contributed by atoms with Crippen LogP contribution in [0, 0.1) is 19.8 Å². The van der Waals surface area contributed by atoms with Crippen molar-refractivity contribution < 1.29 is 27.6 Å². The molecule has 1 N–H and O–H groups in total. The fraction of sp³-hybridized carbons (Fsp3) is 0.200. The molecule has 1 atom stereocenters. The van der Waals surface area contributed by atoms with Crippen molar-refractivity contribution >= 4 is 35.4 Å². The number of hydrogen-bond donors (Lipinski definition) is 1. The number of rotatable bonds is 3. The molecule has 2 aromatic rings. The number of aliphatic imine (C=N–C) groups is 1. The summed E-state index contributed by atoms with van der Waals surface area (Å²) in [6, 6.07) is 8.02. The van der Waals surface area contributed by atoms with Crippen molar-refractivity contribution in [1.82, 2.24) is 5.32 Å². The van der Waals surface area contributed by atoms with Crippen LogP contribution in [0.15, 0.2) is 47.5 Å². The Bertz CT molecular complexity index is 1030. The number of halogens is 3. The Morgan fingerprint density at radius 1 is 1.07 bits per heavy atom. The van der Waals surface area contributed by atoms with Crippen molar-refractivity contribution in [2.75, 3.05) is 4.90 Å². The monoisotopic (exact) mass is 403 g/mol. The molecule has 0 aliphatic carbocycles. The Hall–Kier alpha value is -3.49. The summed E-state index contributed by atoms with van der Waals surface area (Å²) in [6.07, 6.45) is -3.56. The molecule has 1 aliphatic rings. The van der Waals surface area contributed by atoms with E-state index >= 15 is 0 Å². The fourth-order valence-electron chi connectivity index (χ4n) is 2.89. The summed E-state index contributed by atoms with van der Waals surface area (Å²) < 4.78 is 38.9. The molecule has 0 radical (unpaired) electrons. The third kappa shape index (κ3) is 4.18. The van der Waals surface area contributed by atoms with Crippen LogP contribution in [-0.2, 0) is 15.8 Å². The number of urea groups is 1. The van der Waals surface area contributed by atoms with E-state index in [1.807, 2.05) is 18.3 Å². The van der Waals surface area contributed by atoms with Crippen LogP contribution < -0.4 is 10.2 Å². The molecule has 29 heavy (non-hydrogen) atoms. The van der Waals surface area contributed by atoms with Crippen molar-refractivity contribution in [3.63, 3.8) is 0 Å². The molecule has 1 aliphatic heterocycles. The van der Waals surface area contributed by atoms with Gasteiger partial charge in [-0.2, -0.15) is 13.2 Å². The number of nitrogens with zero attached hydrogens (tertiary/aromatic N) is 2. The summed E-state index contributed by atoms with van der Waals surface area (Å²) in [5.41, 5.74) is 1.04. The number of nitrogens with one attached hydrogen (secondary N) is 1. The van der Waals surface area contributed by atoms with Crippen LogP contribution in [0.4, 0.5) is 29.3 Å². The van der Waals surface area contributed by atoms with Crippen LogP contribution >= 0.6 is 0 Å². The molecule has 0 aromatic heterocycles. The number of aryl methyl sites for hydroxylation is 2. The molecule has 0 unspecified atom stereocenters. The SMILES string of the molecule is Cc1ccc(N=C[C@H]2C(=O)NC(=O)N(c3cccc(C(F)(F)F)c3)C2=O)c(C)c1. The molecule has 0 spiro atoms. The molecule has 1 heterocycles. The van der Waals surface area contributed by atoms with Crippen LogP contribution in [0.1, 0.15) is 16.7 Å². The van der Waals surface area contributed by atoms with Crippen LogP contribution in [0.5, 0.6) is 0 Å². The lowest BCUT2D eigenvalue weighted by atomic mass is 10.0. The zero-order chi connectivity index (χ0) is 21.3. The zero-order valence-electron chi connectivity index (χ0n) is 15.4. The van der Waals surface area contributed by atoms with E-state index in [-0.39, 0.29) is 5.69 Å². The fourth-order valence-corrected chi connectivity index (χ4v) is 2.89. The highest BCUT2D eigenvalue weighted by Gasteiger charge is 2.41. The molecule has 0 bridgehead atoms. The summed E-state index contributed by atoms with van der Waals surface area (Å²) in [5.74, 6) is -3.33. The van der Waals surface area contributed by atoms with Gasteiger partial charge in [0, 0.05) is 6.21 Å². The Kier molecular flexibility index (Phi) is 5.23. The maximum Gasteiger partial charge on any atom is 0.416 e. The molecule has 150 valence electrons. The first-order chi connectivity index (χ1) is 13.6. The third-order valence-electron chi connectivity index (χ3n) is 4.35. The number of carbonyl (C=O) groups is 3. The average Bonchev–Trinajstić information content (AvgIpc) is 2.62. The van der Waals surface area contributed by atoms with E-state index in [1.165, 1.54) is 6.07 Å². The Labute approximate surface area is 164 Å². The number of anilines is 1. The highest BCUT2D eigenvalue weighted by Crippen LogP contribution is 2.32. The normalized spacial score (nSPS) is 17.8. The van der Waals surface area contributed by atoms with Gasteiger partial charge < -0.3 is 0 Å². The minimum atomic E-state index is -4.65. The first-order valence-corrected chi connectivity index (χ1v) is 8.55. The number of imide groups is 2. The van der Waals surface area contributed by atoms with Crippen molar-refractivity contribution in [3.8, 4) is 0 Å². The van der Waals surface area contributed by atoms with E-state index in [2.05, 4.69) is 4.99 Å². The molecule has 4 amide bonds. The van der Waals surface area contributed by atoms with Crippen LogP contribution in [-0.4, -0.2) is 24.1 Å². The molecular formula is C20H16F3N3O3. The number of barbiturate groups is 1. The van der Waals surface area contributed by atoms with E-state index < -0.39 is 35.5 Å². The van der Waals surface area contributed by atoms with Crippen molar-refractivity contribution in [1.29, 1.82) is 0 Å². The van der Waals surface area contributed by atoms with Gasteiger partial charge in [0.1, 0.15) is 0 Å². The van der Waals surface area contributed by atoms with E-state index in [0.717, 1.165) is 29.5 Å². The molecule has 1 fully saturated rings. The van der Waals surface area contributed by atoms with Crippen LogP contribution in [0.3, 0.4) is 0 Å². The summed E-state index contributed by atoms with van der Waals surface area (Å²) in [6.45, 7) is 3.71. The zero-order valence-corrected chi connectivity index (χ0v) is 15.4. The highest BCUT2D eigenvalue weighted by atomic mass is 19.4. The molecule has 2 aromatic carbocycles.